The summed E-state index contributed by atoms with van der Waals surface area (Å²) < 4.78 is 23.8. The Morgan fingerprint density at radius 3 is 2.32 bits per heavy atom. The third-order valence-electron chi connectivity index (χ3n) is 5.86. The molecule has 1 aliphatic heterocycles. The van der Waals surface area contributed by atoms with Crippen LogP contribution in [0.2, 0.25) is 0 Å². The Labute approximate surface area is 186 Å². The van der Waals surface area contributed by atoms with Crippen molar-refractivity contribution in [3.8, 4) is 11.3 Å². The summed E-state index contributed by atoms with van der Waals surface area (Å²) in [6.45, 7) is 0. The number of thioether (sulfide) groups is 1. The van der Waals surface area contributed by atoms with Crippen LogP contribution in [0.5, 0.6) is 0 Å². The van der Waals surface area contributed by atoms with Crippen molar-refractivity contribution in [1.82, 2.24) is 15.1 Å². The van der Waals surface area contributed by atoms with Crippen LogP contribution >= 0.6 is 11.8 Å². The van der Waals surface area contributed by atoms with Gasteiger partial charge in [0.2, 0.25) is 5.91 Å². The summed E-state index contributed by atoms with van der Waals surface area (Å²) in [6.07, 6.45) is 2.46. The Balaban J connectivity index is 1.38. The maximum atomic E-state index is 13.1. The van der Waals surface area contributed by atoms with Gasteiger partial charge in [-0.25, -0.2) is 8.42 Å². The Kier molecular flexibility index (Phi) is 5.44. The highest BCUT2D eigenvalue weighted by Crippen LogP contribution is 2.35. The maximum absolute atomic E-state index is 13.1. The Morgan fingerprint density at radius 1 is 0.935 bits per heavy atom. The van der Waals surface area contributed by atoms with Crippen LogP contribution in [0.3, 0.4) is 0 Å². The number of hydrogen-bond acceptors (Lipinski definition) is 6. The van der Waals surface area contributed by atoms with Crippen LogP contribution in [0.15, 0.2) is 59.6 Å². The van der Waals surface area contributed by atoms with Crippen LogP contribution < -0.4 is 0 Å². The highest BCUT2D eigenvalue weighted by atomic mass is 32.2. The fourth-order valence-corrected chi connectivity index (χ4v) is 6.81. The normalized spacial score (nSPS) is 20.1. The van der Waals surface area contributed by atoms with Gasteiger partial charge in [-0.15, -0.1) is 10.2 Å². The van der Waals surface area contributed by atoms with Gasteiger partial charge in [0, 0.05) is 28.4 Å². The molecule has 1 aromatic heterocycles. The summed E-state index contributed by atoms with van der Waals surface area (Å²) in [4.78, 5) is 14.9. The van der Waals surface area contributed by atoms with Gasteiger partial charge in [-0.2, -0.15) is 0 Å². The molecule has 1 atom stereocenters. The number of carbonyl (C=O) groups is 1. The number of aromatic nitrogens is 2. The number of carbonyl (C=O) groups excluding carboxylic acids is 1. The second-order valence-corrected chi connectivity index (χ2v) is 11.3. The fraction of sp³-hybridized carbons (Fsp3) is 0.348. The van der Waals surface area contributed by atoms with Gasteiger partial charge < -0.3 is 4.90 Å². The van der Waals surface area contributed by atoms with Gasteiger partial charge in [-0.05, 0) is 19.3 Å². The molecular weight excluding hydrogens is 430 g/mol. The molecule has 31 heavy (non-hydrogen) atoms. The van der Waals surface area contributed by atoms with E-state index in [0.29, 0.717) is 6.42 Å². The molecule has 2 aromatic carbocycles. The van der Waals surface area contributed by atoms with Gasteiger partial charge in [0.1, 0.15) is 10.7 Å². The van der Waals surface area contributed by atoms with Crippen molar-refractivity contribution >= 4 is 38.3 Å². The monoisotopic (exact) mass is 453 g/mol. The second kappa shape index (κ2) is 8.24. The van der Waals surface area contributed by atoms with Crippen LogP contribution in [-0.2, 0) is 14.6 Å². The average molecular weight is 454 g/mol. The lowest BCUT2D eigenvalue weighted by Crippen LogP contribution is -2.43. The first-order chi connectivity index (χ1) is 15.0. The van der Waals surface area contributed by atoms with Gasteiger partial charge >= 0.3 is 0 Å². The molecule has 1 saturated carbocycles. The topological polar surface area (TPSA) is 80.2 Å². The summed E-state index contributed by atoms with van der Waals surface area (Å²) in [5, 5.41) is 11.6. The number of nitrogens with zero attached hydrogens (tertiary/aromatic N) is 3. The number of hydrogen-bond donors (Lipinski definition) is 0. The Morgan fingerprint density at radius 2 is 1.65 bits per heavy atom. The van der Waals surface area contributed by atoms with Gasteiger partial charge in [-0.1, -0.05) is 66.4 Å². The minimum Gasteiger partial charge on any atom is -0.335 e. The highest BCUT2D eigenvalue weighted by Gasteiger charge is 2.41. The number of rotatable bonds is 6. The van der Waals surface area contributed by atoms with Gasteiger partial charge in [0.15, 0.2) is 9.84 Å². The molecule has 1 saturated heterocycles. The van der Waals surface area contributed by atoms with Crippen LogP contribution in [-0.4, -0.2) is 58.8 Å². The summed E-state index contributed by atoms with van der Waals surface area (Å²) in [5.41, 5.74) is 1.82. The standard InChI is InChI=1S/C23H23N3O3S2/c27-21(26(17-10-11-17)18-12-13-31(28,29)15-18)14-30-23-20-9-5-4-8-19(20)22(24-25-23)16-6-2-1-3-7-16/h1-9,17-18H,10-15H2. The van der Waals surface area contributed by atoms with Crippen molar-refractivity contribution in [2.45, 2.75) is 36.4 Å². The van der Waals surface area contributed by atoms with E-state index in [-0.39, 0.29) is 35.2 Å². The number of fused-ring (bicyclic) bond motifs is 1. The molecule has 0 radical (unpaired) electrons. The fourth-order valence-electron chi connectivity index (χ4n) is 4.25. The summed E-state index contributed by atoms with van der Waals surface area (Å²) in [5.74, 6) is 0.496. The van der Waals surface area contributed by atoms with E-state index in [1.807, 2.05) is 59.5 Å². The minimum atomic E-state index is -3.03. The molecule has 1 amide bonds. The van der Waals surface area contributed by atoms with E-state index in [2.05, 4.69) is 10.2 Å². The Bertz CT molecular complexity index is 1230. The predicted octanol–water partition coefficient (Wildman–Crippen LogP) is 3.57. The maximum Gasteiger partial charge on any atom is 0.233 e. The predicted molar refractivity (Wildman–Crippen MR) is 123 cm³/mol. The molecule has 3 aromatic rings. The molecule has 1 aliphatic carbocycles. The lowest BCUT2D eigenvalue weighted by atomic mass is 10.1. The smallest absolute Gasteiger partial charge is 0.233 e. The van der Waals surface area contributed by atoms with Crippen molar-refractivity contribution in [2.75, 3.05) is 17.3 Å². The summed E-state index contributed by atoms with van der Waals surface area (Å²) in [7, 11) is -3.03. The number of amides is 1. The number of sulfone groups is 1. The van der Waals surface area contributed by atoms with E-state index < -0.39 is 9.84 Å². The van der Waals surface area contributed by atoms with Gasteiger partial charge in [0.25, 0.3) is 0 Å². The molecule has 0 spiro atoms. The third kappa shape index (κ3) is 4.32. The van der Waals surface area contributed by atoms with Crippen molar-refractivity contribution in [1.29, 1.82) is 0 Å². The van der Waals surface area contributed by atoms with E-state index in [9.17, 15) is 13.2 Å². The molecule has 2 aliphatic rings. The van der Waals surface area contributed by atoms with Crippen LogP contribution in [0.4, 0.5) is 0 Å². The summed E-state index contributed by atoms with van der Waals surface area (Å²) >= 11 is 1.38. The number of benzene rings is 2. The zero-order valence-corrected chi connectivity index (χ0v) is 18.6. The van der Waals surface area contributed by atoms with E-state index in [0.717, 1.165) is 39.9 Å². The van der Waals surface area contributed by atoms with Crippen LogP contribution in [0.25, 0.3) is 22.0 Å². The quantitative estimate of drug-likeness (QED) is 0.531. The molecule has 2 fully saturated rings. The average Bonchev–Trinajstić information content (AvgIpc) is 3.55. The van der Waals surface area contributed by atoms with Crippen LogP contribution in [0.1, 0.15) is 19.3 Å². The second-order valence-electron chi connectivity index (χ2n) is 8.14. The first kappa shape index (κ1) is 20.5. The highest BCUT2D eigenvalue weighted by molar-refractivity contribution is 8.00. The molecule has 0 N–H and O–H groups in total. The lowest BCUT2D eigenvalue weighted by Gasteiger charge is -2.28. The SMILES string of the molecule is O=C(CSc1nnc(-c2ccccc2)c2ccccc12)N(C1CC1)C1CCS(=O)(=O)C1. The molecule has 6 nitrogen and oxygen atoms in total. The van der Waals surface area contributed by atoms with Gasteiger partial charge in [0.05, 0.1) is 17.3 Å². The van der Waals surface area contributed by atoms with Crippen molar-refractivity contribution < 1.29 is 13.2 Å². The van der Waals surface area contributed by atoms with Crippen molar-refractivity contribution in [3.63, 3.8) is 0 Å². The molecule has 0 bridgehead atoms. The molecule has 2 heterocycles. The van der Waals surface area contributed by atoms with E-state index in [4.69, 9.17) is 0 Å². The molecular formula is C23H23N3O3S2. The van der Waals surface area contributed by atoms with E-state index >= 15 is 0 Å². The third-order valence-corrected chi connectivity index (χ3v) is 8.58. The van der Waals surface area contributed by atoms with Crippen molar-refractivity contribution in [3.05, 3.63) is 54.6 Å². The molecule has 1 unspecified atom stereocenters. The van der Waals surface area contributed by atoms with Gasteiger partial charge in [-0.3, -0.25) is 4.79 Å². The Hall–Kier alpha value is -2.45. The lowest BCUT2D eigenvalue weighted by molar-refractivity contribution is -0.130. The zero-order valence-electron chi connectivity index (χ0n) is 17.0. The molecule has 160 valence electrons. The first-order valence-electron chi connectivity index (χ1n) is 10.5. The van der Waals surface area contributed by atoms with E-state index in [1.165, 1.54) is 11.8 Å². The summed E-state index contributed by atoms with van der Waals surface area (Å²) in [6, 6.07) is 17.9. The first-order valence-corrected chi connectivity index (χ1v) is 13.3. The van der Waals surface area contributed by atoms with E-state index in [1.54, 1.807) is 0 Å². The van der Waals surface area contributed by atoms with Crippen LogP contribution in [0, 0.1) is 0 Å². The zero-order chi connectivity index (χ0) is 21.4. The largest absolute Gasteiger partial charge is 0.335 e. The molecule has 8 heteroatoms. The molecule has 5 rings (SSSR count). The van der Waals surface area contributed by atoms with Crippen molar-refractivity contribution in [2.24, 2.45) is 0 Å². The minimum absolute atomic E-state index is 0.00684.